The molecule has 0 aliphatic carbocycles. The molecule has 5 N–H and O–H groups in total. The van der Waals surface area contributed by atoms with Crippen molar-refractivity contribution in [3.05, 3.63) is 17.7 Å². The largest absolute Gasteiger partial charge is 0.504 e. The second-order valence-electron chi connectivity index (χ2n) is 5.33. The Balaban J connectivity index is 2.34. The summed E-state index contributed by atoms with van der Waals surface area (Å²) >= 11 is 0. The molecule has 2 rings (SSSR count). The number of aliphatic hydroxyl groups excluding tert-OH is 4. The Kier molecular flexibility index (Phi) is 6.03. The number of hydrogen-bond acceptors (Lipinski definition) is 10. The molecule has 140 valence electrons. The number of benzene rings is 1. The highest BCUT2D eigenvalue weighted by Crippen LogP contribution is 2.39. The van der Waals surface area contributed by atoms with Crippen molar-refractivity contribution in [2.45, 2.75) is 30.7 Å². The van der Waals surface area contributed by atoms with Gasteiger partial charge in [0.1, 0.15) is 24.4 Å². The third-order valence-corrected chi connectivity index (χ3v) is 3.75. The molecule has 1 saturated heterocycles. The number of ether oxygens (including phenoxy) is 4. The van der Waals surface area contributed by atoms with Crippen molar-refractivity contribution in [2.24, 2.45) is 0 Å². The molecule has 1 aliphatic rings. The Morgan fingerprint density at radius 1 is 1.16 bits per heavy atom. The Morgan fingerprint density at radius 2 is 1.84 bits per heavy atom. The van der Waals surface area contributed by atoms with Crippen molar-refractivity contribution in [3.63, 3.8) is 0 Å². The Morgan fingerprint density at radius 3 is 2.40 bits per heavy atom. The fourth-order valence-corrected chi connectivity index (χ4v) is 2.41. The molecule has 0 saturated carbocycles. The summed E-state index contributed by atoms with van der Waals surface area (Å²) in [5.41, 5.74) is -0.0552. The van der Waals surface area contributed by atoms with Crippen molar-refractivity contribution in [2.75, 3.05) is 20.8 Å². The van der Waals surface area contributed by atoms with Crippen LogP contribution >= 0.6 is 0 Å². The molecule has 1 fully saturated rings. The van der Waals surface area contributed by atoms with Crippen molar-refractivity contribution < 1.29 is 49.3 Å². The number of esters is 1. The van der Waals surface area contributed by atoms with Gasteiger partial charge in [-0.1, -0.05) is 0 Å². The average Bonchev–Trinajstić information content (AvgIpc) is 2.61. The van der Waals surface area contributed by atoms with E-state index in [4.69, 9.17) is 14.2 Å². The lowest BCUT2D eigenvalue weighted by molar-refractivity contribution is -0.277. The number of carbonyl (C=O) groups excluding carboxylic acids is 1. The summed E-state index contributed by atoms with van der Waals surface area (Å²) in [6.07, 6.45) is -7.52. The number of aliphatic hydroxyl groups is 4. The molecular formula is C15H20O10. The second-order valence-corrected chi connectivity index (χ2v) is 5.33. The summed E-state index contributed by atoms with van der Waals surface area (Å²) in [7, 11) is 2.40. The molecule has 1 heterocycles. The van der Waals surface area contributed by atoms with Crippen LogP contribution in [-0.2, 0) is 9.47 Å². The minimum absolute atomic E-state index is 0.0552. The van der Waals surface area contributed by atoms with E-state index >= 15 is 0 Å². The molecule has 1 aromatic rings. The van der Waals surface area contributed by atoms with Gasteiger partial charge in [0, 0.05) is 0 Å². The van der Waals surface area contributed by atoms with Gasteiger partial charge in [-0.25, -0.2) is 4.79 Å². The van der Waals surface area contributed by atoms with Gasteiger partial charge in [-0.05, 0) is 12.1 Å². The number of phenols is 1. The van der Waals surface area contributed by atoms with Crippen molar-refractivity contribution in [1.29, 1.82) is 0 Å². The fourth-order valence-electron chi connectivity index (χ4n) is 2.41. The SMILES string of the molecule is COC(=O)c1cc(O)c(OC)c(O[C@@H]2O[C@H](CO)[C@@H](O)[C@H](O)[C@H]2O)c1. The van der Waals surface area contributed by atoms with Gasteiger partial charge in [0.2, 0.25) is 12.0 Å². The summed E-state index contributed by atoms with van der Waals surface area (Å²) in [6.45, 7) is -0.630. The first-order valence-electron chi connectivity index (χ1n) is 7.30. The summed E-state index contributed by atoms with van der Waals surface area (Å²) in [4.78, 5) is 11.7. The summed E-state index contributed by atoms with van der Waals surface area (Å²) in [6, 6.07) is 2.29. The molecule has 10 nitrogen and oxygen atoms in total. The highest BCUT2D eigenvalue weighted by atomic mass is 16.7. The van der Waals surface area contributed by atoms with Gasteiger partial charge in [0.05, 0.1) is 26.4 Å². The number of methoxy groups -OCH3 is 2. The normalized spacial score (nSPS) is 29.1. The molecular weight excluding hydrogens is 340 g/mol. The predicted octanol–water partition coefficient (Wildman–Crippen LogP) is -1.63. The van der Waals surface area contributed by atoms with Gasteiger partial charge in [-0.2, -0.15) is 0 Å². The van der Waals surface area contributed by atoms with Crippen LogP contribution in [0.5, 0.6) is 17.2 Å². The predicted molar refractivity (Wildman–Crippen MR) is 80.4 cm³/mol. The van der Waals surface area contributed by atoms with E-state index in [0.717, 1.165) is 13.2 Å². The van der Waals surface area contributed by atoms with Crippen LogP contribution in [0, 0.1) is 0 Å². The van der Waals surface area contributed by atoms with E-state index in [1.807, 2.05) is 0 Å². The first-order valence-corrected chi connectivity index (χ1v) is 7.30. The molecule has 0 amide bonds. The number of aromatic hydroxyl groups is 1. The Bertz CT molecular complexity index is 617. The highest BCUT2D eigenvalue weighted by Gasteiger charge is 2.45. The molecule has 25 heavy (non-hydrogen) atoms. The van der Waals surface area contributed by atoms with Crippen LogP contribution in [0.25, 0.3) is 0 Å². The molecule has 10 heteroatoms. The van der Waals surface area contributed by atoms with E-state index < -0.39 is 49.0 Å². The van der Waals surface area contributed by atoms with Gasteiger partial charge >= 0.3 is 5.97 Å². The number of hydrogen-bond donors (Lipinski definition) is 5. The van der Waals surface area contributed by atoms with Crippen molar-refractivity contribution >= 4 is 5.97 Å². The standard InChI is InChI=1S/C15H20O10/c1-22-13-7(17)3-6(14(21)23-2)4-8(13)24-15-12(20)11(19)10(18)9(5-16)25-15/h3-4,9-12,15-20H,5H2,1-2H3/t9-,10-,11+,12-,15-/m1/s1. The van der Waals surface area contributed by atoms with E-state index in [9.17, 15) is 30.3 Å². The molecule has 0 bridgehead atoms. The maximum Gasteiger partial charge on any atom is 0.338 e. The molecule has 0 radical (unpaired) electrons. The zero-order valence-corrected chi connectivity index (χ0v) is 13.5. The van der Waals surface area contributed by atoms with Gasteiger partial charge in [-0.3, -0.25) is 0 Å². The Hall–Kier alpha value is -2.11. The van der Waals surface area contributed by atoms with Gasteiger partial charge in [0.25, 0.3) is 0 Å². The average molecular weight is 360 g/mol. The fraction of sp³-hybridized carbons (Fsp3) is 0.533. The molecule has 0 spiro atoms. The van der Waals surface area contributed by atoms with E-state index in [0.29, 0.717) is 0 Å². The number of rotatable bonds is 5. The van der Waals surface area contributed by atoms with Crippen LogP contribution in [0.3, 0.4) is 0 Å². The summed E-state index contributed by atoms with van der Waals surface area (Å²) in [5, 5.41) is 48.7. The van der Waals surface area contributed by atoms with Gasteiger partial charge in [0.15, 0.2) is 11.5 Å². The maximum absolute atomic E-state index is 11.7. The van der Waals surface area contributed by atoms with Gasteiger partial charge in [-0.15, -0.1) is 0 Å². The first kappa shape index (κ1) is 19.2. The first-order chi connectivity index (χ1) is 11.8. The highest BCUT2D eigenvalue weighted by molar-refractivity contribution is 5.91. The van der Waals surface area contributed by atoms with Crippen LogP contribution in [-0.4, -0.2) is 83.0 Å². The van der Waals surface area contributed by atoms with Gasteiger partial charge < -0.3 is 44.5 Å². The minimum Gasteiger partial charge on any atom is -0.504 e. The van der Waals surface area contributed by atoms with Crippen LogP contribution < -0.4 is 9.47 Å². The van der Waals surface area contributed by atoms with E-state index in [1.54, 1.807) is 0 Å². The second kappa shape index (κ2) is 7.85. The zero-order valence-electron chi connectivity index (χ0n) is 13.5. The van der Waals surface area contributed by atoms with E-state index in [-0.39, 0.29) is 17.1 Å². The van der Waals surface area contributed by atoms with Crippen LogP contribution in [0.4, 0.5) is 0 Å². The molecule has 1 aromatic carbocycles. The quantitative estimate of drug-likeness (QED) is 0.386. The smallest absolute Gasteiger partial charge is 0.338 e. The third kappa shape index (κ3) is 3.78. The molecule has 1 aliphatic heterocycles. The molecule has 0 aromatic heterocycles. The van der Waals surface area contributed by atoms with Crippen LogP contribution in [0.1, 0.15) is 10.4 Å². The maximum atomic E-state index is 11.7. The van der Waals surface area contributed by atoms with E-state index in [1.165, 1.54) is 13.2 Å². The van der Waals surface area contributed by atoms with Crippen LogP contribution in [0.15, 0.2) is 12.1 Å². The molecule has 5 atom stereocenters. The number of carbonyl (C=O) groups is 1. The zero-order chi connectivity index (χ0) is 18.7. The molecule has 0 unspecified atom stereocenters. The summed E-state index contributed by atoms with van der Waals surface area (Å²) in [5.74, 6) is -1.50. The monoisotopic (exact) mass is 360 g/mol. The lowest BCUT2D eigenvalue weighted by atomic mass is 9.99. The summed E-state index contributed by atoms with van der Waals surface area (Å²) < 4.78 is 20.2. The van der Waals surface area contributed by atoms with Crippen molar-refractivity contribution in [3.8, 4) is 17.2 Å². The number of phenolic OH excluding ortho intramolecular Hbond substituents is 1. The van der Waals surface area contributed by atoms with Crippen LogP contribution in [0.2, 0.25) is 0 Å². The van der Waals surface area contributed by atoms with E-state index in [2.05, 4.69) is 4.74 Å². The third-order valence-electron chi connectivity index (χ3n) is 3.75. The Labute approximate surface area is 142 Å². The minimum atomic E-state index is -1.66. The topological polar surface area (TPSA) is 155 Å². The lowest BCUT2D eigenvalue weighted by Crippen LogP contribution is -2.60. The van der Waals surface area contributed by atoms with Crippen molar-refractivity contribution in [1.82, 2.24) is 0 Å². The lowest BCUT2D eigenvalue weighted by Gasteiger charge is -2.39.